The Bertz CT molecular complexity index is 389. The summed E-state index contributed by atoms with van der Waals surface area (Å²) in [6.07, 6.45) is 4.85. The fraction of sp³-hybridized carbons (Fsp3) is 0.625. The summed E-state index contributed by atoms with van der Waals surface area (Å²) in [6, 6.07) is 7.13. The normalized spacial score (nSPS) is 20.3. The molecule has 2 atom stereocenters. The minimum absolute atomic E-state index is 0.638. The molecular weight excluding hydrogens is 222 g/mol. The molecule has 0 saturated carbocycles. The van der Waals surface area contributed by atoms with Crippen molar-refractivity contribution in [3.8, 4) is 5.75 Å². The van der Waals surface area contributed by atoms with Crippen LogP contribution < -0.4 is 10.1 Å². The summed E-state index contributed by atoms with van der Waals surface area (Å²) in [4.78, 5) is 0. The largest absolute Gasteiger partial charge is 0.497 e. The Balaban J connectivity index is 1.96. The third kappa shape index (κ3) is 3.26. The first-order valence-corrected chi connectivity index (χ1v) is 7.12. The Morgan fingerprint density at radius 2 is 2.22 bits per heavy atom. The van der Waals surface area contributed by atoms with Crippen LogP contribution in [0.2, 0.25) is 0 Å². The number of hydrogen-bond acceptors (Lipinski definition) is 2. The second-order valence-corrected chi connectivity index (χ2v) is 5.50. The molecule has 1 N–H and O–H groups in total. The van der Waals surface area contributed by atoms with E-state index in [1.807, 2.05) is 0 Å². The lowest BCUT2D eigenvalue weighted by atomic mass is 9.88. The molecule has 1 aliphatic carbocycles. The van der Waals surface area contributed by atoms with Crippen molar-refractivity contribution in [2.24, 2.45) is 5.92 Å². The highest BCUT2D eigenvalue weighted by Crippen LogP contribution is 2.25. The van der Waals surface area contributed by atoms with Crippen LogP contribution >= 0.6 is 0 Å². The fourth-order valence-electron chi connectivity index (χ4n) is 2.55. The lowest BCUT2D eigenvalue weighted by Gasteiger charge is -2.27. The molecule has 1 aromatic carbocycles. The van der Waals surface area contributed by atoms with Crippen LogP contribution in [0.3, 0.4) is 0 Å². The summed E-state index contributed by atoms with van der Waals surface area (Å²) in [5.41, 5.74) is 2.96. The molecule has 1 aliphatic rings. The van der Waals surface area contributed by atoms with E-state index in [0.29, 0.717) is 6.04 Å². The average molecular weight is 247 g/mol. The highest BCUT2D eigenvalue weighted by Gasteiger charge is 2.18. The smallest absolute Gasteiger partial charge is 0.119 e. The Kier molecular flexibility index (Phi) is 4.65. The van der Waals surface area contributed by atoms with Gasteiger partial charge in [0, 0.05) is 6.04 Å². The molecule has 0 aliphatic heterocycles. The van der Waals surface area contributed by atoms with Gasteiger partial charge in [0.25, 0.3) is 0 Å². The monoisotopic (exact) mass is 247 g/mol. The summed E-state index contributed by atoms with van der Waals surface area (Å²) < 4.78 is 5.31. The van der Waals surface area contributed by atoms with E-state index in [9.17, 15) is 0 Å². The number of ether oxygens (including phenoxy) is 1. The summed E-state index contributed by atoms with van der Waals surface area (Å²) >= 11 is 0. The SMILES string of the molecule is CCC(C)CNC1CCc2ccc(OC)cc2C1. The number of nitrogens with one attached hydrogen (secondary N) is 1. The summed E-state index contributed by atoms with van der Waals surface area (Å²) in [5.74, 6) is 1.76. The van der Waals surface area contributed by atoms with E-state index in [2.05, 4.69) is 37.4 Å². The van der Waals surface area contributed by atoms with Crippen LogP contribution in [0.1, 0.15) is 37.8 Å². The van der Waals surface area contributed by atoms with Crippen molar-refractivity contribution in [1.82, 2.24) is 5.32 Å². The predicted molar refractivity (Wildman–Crippen MR) is 76.3 cm³/mol. The molecule has 1 aromatic rings. The molecule has 0 spiro atoms. The van der Waals surface area contributed by atoms with Gasteiger partial charge in [-0.25, -0.2) is 0 Å². The molecule has 0 amide bonds. The Morgan fingerprint density at radius 1 is 1.39 bits per heavy atom. The van der Waals surface area contributed by atoms with Crippen LogP contribution in [0, 0.1) is 5.92 Å². The van der Waals surface area contributed by atoms with Crippen molar-refractivity contribution < 1.29 is 4.74 Å². The summed E-state index contributed by atoms with van der Waals surface area (Å²) in [5, 5.41) is 3.71. The number of rotatable bonds is 5. The van der Waals surface area contributed by atoms with Gasteiger partial charge in [0.1, 0.15) is 5.75 Å². The molecule has 0 saturated heterocycles. The molecule has 2 heteroatoms. The number of hydrogen-bond donors (Lipinski definition) is 1. The fourth-order valence-corrected chi connectivity index (χ4v) is 2.55. The van der Waals surface area contributed by atoms with Crippen LogP contribution in [0.4, 0.5) is 0 Å². The first-order chi connectivity index (χ1) is 8.72. The zero-order valence-corrected chi connectivity index (χ0v) is 11.8. The van der Waals surface area contributed by atoms with Gasteiger partial charge in [-0.3, -0.25) is 0 Å². The molecule has 0 aromatic heterocycles. The highest BCUT2D eigenvalue weighted by atomic mass is 16.5. The van der Waals surface area contributed by atoms with Crippen molar-refractivity contribution in [3.05, 3.63) is 29.3 Å². The number of benzene rings is 1. The molecular formula is C16H25NO. The van der Waals surface area contributed by atoms with Crippen molar-refractivity contribution in [3.63, 3.8) is 0 Å². The Morgan fingerprint density at radius 3 is 2.94 bits per heavy atom. The first-order valence-electron chi connectivity index (χ1n) is 7.12. The van der Waals surface area contributed by atoms with Gasteiger partial charge in [-0.1, -0.05) is 26.3 Å². The zero-order chi connectivity index (χ0) is 13.0. The zero-order valence-electron chi connectivity index (χ0n) is 11.8. The number of aryl methyl sites for hydroxylation is 1. The van der Waals surface area contributed by atoms with Crippen LogP contribution in [-0.4, -0.2) is 19.7 Å². The third-order valence-corrected chi connectivity index (χ3v) is 4.09. The standard InChI is InChI=1S/C16H25NO/c1-4-12(2)11-17-15-7-5-13-6-8-16(18-3)10-14(13)9-15/h6,8,10,12,15,17H,4-5,7,9,11H2,1-3H3. The van der Waals surface area contributed by atoms with Gasteiger partial charge in [0.15, 0.2) is 0 Å². The van der Waals surface area contributed by atoms with Crippen molar-refractivity contribution in [2.45, 2.75) is 45.6 Å². The molecule has 18 heavy (non-hydrogen) atoms. The van der Waals surface area contributed by atoms with E-state index >= 15 is 0 Å². The Hall–Kier alpha value is -1.02. The average Bonchev–Trinajstić information content (AvgIpc) is 2.43. The third-order valence-electron chi connectivity index (χ3n) is 4.09. The summed E-state index contributed by atoms with van der Waals surface area (Å²) in [6.45, 7) is 5.71. The number of methoxy groups -OCH3 is 1. The molecule has 0 radical (unpaired) electrons. The van der Waals surface area contributed by atoms with Gasteiger partial charge in [0.05, 0.1) is 7.11 Å². The van der Waals surface area contributed by atoms with Gasteiger partial charge >= 0.3 is 0 Å². The minimum Gasteiger partial charge on any atom is -0.497 e. The van der Waals surface area contributed by atoms with E-state index in [1.165, 1.54) is 30.4 Å². The maximum absolute atomic E-state index is 5.31. The van der Waals surface area contributed by atoms with Gasteiger partial charge in [0.2, 0.25) is 0 Å². The molecule has 2 rings (SSSR count). The van der Waals surface area contributed by atoms with Crippen molar-refractivity contribution in [1.29, 1.82) is 0 Å². The first kappa shape index (κ1) is 13.4. The lowest BCUT2D eigenvalue weighted by molar-refractivity contribution is 0.400. The quantitative estimate of drug-likeness (QED) is 0.863. The minimum atomic E-state index is 0.638. The molecule has 2 nitrogen and oxygen atoms in total. The Labute approximate surface area is 111 Å². The van der Waals surface area contributed by atoms with Crippen molar-refractivity contribution in [2.75, 3.05) is 13.7 Å². The van der Waals surface area contributed by atoms with E-state index in [0.717, 1.165) is 24.6 Å². The van der Waals surface area contributed by atoms with E-state index in [1.54, 1.807) is 7.11 Å². The van der Waals surface area contributed by atoms with Gasteiger partial charge in [-0.05, 0) is 55.0 Å². The van der Waals surface area contributed by atoms with Crippen LogP contribution in [0.25, 0.3) is 0 Å². The van der Waals surface area contributed by atoms with E-state index in [4.69, 9.17) is 4.74 Å². The van der Waals surface area contributed by atoms with Crippen LogP contribution in [0.15, 0.2) is 18.2 Å². The molecule has 0 fully saturated rings. The second kappa shape index (κ2) is 6.24. The van der Waals surface area contributed by atoms with Crippen LogP contribution in [-0.2, 0) is 12.8 Å². The molecule has 0 heterocycles. The predicted octanol–water partition coefficient (Wildman–Crippen LogP) is 3.19. The maximum Gasteiger partial charge on any atom is 0.119 e. The molecule has 100 valence electrons. The maximum atomic E-state index is 5.31. The lowest BCUT2D eigenvalue weighted by Crippen LogP contribution is -2.37. The van der Waals surface area contributed by atoms with Gasteiger partial charge in [-0.2, -0.15) is 0 Å². The van der Waals surface area contributed by atoms with Gasteiger partial charge in [-0.15, -0.1) is 0 Å². The topological polar surface area (TPSA) is 21.3 Å². The van der Waals surface area contributed by atoms with Crippen LogP contribution in [0.5, 0.6) is 5.75 Å². The van der Waals surface area contributed by atoms with E-state index < -0.39 is 0 Å². The second-order valence-electron chi connectivity index (χ2n) is 5.50. The van der Waals surface area contributed by atoms with E-state index in [-0.39, 0.29) is 0 Å². The number of fused-ring (bicyclic) bond motifs is 1. The molecule has 0 bridgehead atoms. The summed E-state index contributed by atoms with van der Waals surface area (Å²) in [7, 11) is 1.74. The molecule has 2 unspecified atom stereocenters. The van der Waals surface area contributed by atoms with Crippen molar-refractivity contribution >= 4 is 0 Å². The van der Waals surface area contributed by atoms with Gasteiger partial charge < -0.3 is 10.1 Å². The highest BCUT2D eigenvalue weighted by molar-refractivity contribution is 5.37.